The Morgan fingerprint density at radius 2 is 2.27 bits per heavy atom. The van der Waals surface area contributed by atoms with E-state index in [1.165, 1.54) is 11.3 Å². The Balaban J connectivity index is 2.61. The Hall–Kier alpha value is -1.57. The number of nitrogen functional groups attached to an aromatic ring is 1. The van der Waals surface area contributed by atoms with Gasteiger partial charge in [0.2, 0.25) is 0 Å². The standard InChI is InChI=1S/C10H6ClN3S/c11-8-2-7(10-4-15-5-14-10)9(13)1-6(8)3-12/h1-2,4-5H,13H2. The predicted octanol–water partition coefficient (Wildman–Crippen LogP) is 2.92. The Morgan fingerprint density at radius 1 is 1.47 bits per heavy atom. The number of hydrogen-bond acceptors (Lipinski definition) is 4. The maximum atomic E-state index is 8.76. The van der Waals surface area contributed by atoms with Crippen molar-refractivity contribution in [2.75, 3.05) is 5.73 Å². The van der Waals surface area contributed by atoms with Gasteiger partial charge in [-0.25, -0.2) is 4.98 Å². The number of aromatic nitrogens is 1. The zero-order valence-electron chi connectivity index (χ0n) is 7.57. The van der Waals surface area contributed by atoms with E-state index >= 15 is 0 Å². The highest BCUT2D eigenvalue weighted by Crippen LogP contribution is 2.30. The van der Waals surface area contributed by atoms with Crippen LogP contribution in [0.15, 0.2) is 23.0 Å². The number of hydrogen-bond donors (Lipinski definition) is 1. The summed E-state index contributed by atoms with van der Waals surface area (Å²) in [7, 11) is 0. The van der Waals surface area contributed by atoms with Crippen LogP contribution in [0.5, 0.6) is 0 Å². The number of rotatable bonds is 1. The lowest BCUT2D eigenvalue weighted by molar-refractivity contribution is 1.40. The highest BCUT2D eigenvalue weighted by atomic mass is 35.5. The van der Waals surface area contributed by atoms with Gasteiger partial charge in [-0.15, -0.1) is 11.3 Å². The van der Waals surface area contributed by atoms with Gasteiger partial charge in [-0.2, -0.15) is 5.26 Å². The summed E-state index contributed by atoms with van der Waals surface area (Å²) in [6, 6.07) is 5.22. The molecule has 0 aliphatic carbocycles. The number of nitrogens with zero attached hydrogens (tertiary/aromatic N) is 2. The van der Waals surface area contributed by atoms with Crippen molar-refractivity contribution in [3.63, 3.8) is 0 Å². The quantitative estimate of drug-likeness (QED) is 0.773. The summed E-state index contributed by atoms with van der Waals surface area (Å²) in [5.74, 6) is 0. The first-order chi connectivity index (χ1) is 7.22. The van der Waals surface area contributed by atoms with Gasteiger partial charge in [0.05, 0.1) is 21.8 Å². The van der Waals surface area contributed by atoms with Crippen molar-refractivity contribution >= 4 is 28.6 Å². The zero-order valence-corrected chi connectivity index (χ0v) is 9.14. The largest absolute Gasteiger partial charge is 0.398 e. The number of thiazole rings is 1. The van der Waals surface area contributed by atoms with E-state index in [2.05, 4.69) is 4.98 Å². The molecule has 3 nitrogen and oxygen atoms in total. The molecule has 0 radical (unpaired) electrons. The fourth-order valence-electron chi connectivity index (χ4n) is 1.24. The fourth-order valence-corrected chi connectivity index (χ4v) is 2.00. The third kappa shape index (κ3) is 1.80. The minimum absolute atomic E-state index is 0.383. The van der Waals surface area contributed by atoms with Crippen molar-refractivity contribution < 1.29 is 0 Å². The molecule has 2 N–H and O–H groups in total. The highest BCUT2D eigenvalue weighted by Gasteiger charge is 2.09. The molecule has 0 atom stereocenters. The van der Waals surface area contributed by atoms with Crippen LogP contribution in [-0.2, 0) is 0 Å². The zero-order chi connectivity index (χ0) is 10.8. The third-order valence-corrected chi connectivity index (χ3v) is 2.87. The molecule has 15 heavy (non-hydrogen) atoms. The second-order valence-electron chi connectivity index (χ2n) is 2.90. The minimum atomic E-state index is 0.383. The van der Waals surface area contributed by atoms with Gasteiger partial charge in [0.1, 0.15) is 6.07 Å². The van der Waals surface area contributed by atoms with Gasteiger partial charge in [0.25, 0.3) is 0 Å². The summed E-state index contributed by atoms with van der Waals surface area (Å²) in [6.45, 7) is 0. The summed E-state index contributed by atoms with van der Waals surface area (Å²) in [4.78, 5) is 4.14. The Bertz CT molecular complexity index is 528. The van der Waals surface area contributed by atoms with Crippen LogP contribution in [0.2, 0.25) is 5.02 Å². The van der Waals surface area contributed by atoms with E-state index in [0.717, 1.165) is 11.3 Å². The van der Waals surface area contributed by atoms with E-state index in [1.54, 1.807) is 17.6 Å². The van der Waals surface area contributed by atoms with Crippen molar-refractivity contribution in [3.8, 4) is 17.3 Å². The lowest BCUT2D eigenvalue weighted by atomic mass is 10.1. The molecular weight excluding hydrogens is 230 g/mol. The average Bonchev–Trinajstić information content (AvgIpc) is 2.74. The number of anilines is 1. The van der Waals surface area contributed by atoms with E-state index in [1.807, 2.05) is 11.4 Å². The van der Waals surface area contributed by atoms with Crippen LogP contribution in [0.25, 0.3) is 11.3 Å². The molecule has 0 bridgehead atoms. The Morgan fingerprint density at radius 3 is 2.87 bits per heavy atom. The first-order valence-corrected chi connectivity index (χ1v) is 5.42. The van der Waals surface area contributed by atoms with Crippen LogP contribution < -0.4 is 5.73 Å². The Kier molecular flexibility index (Phi) is 2.58. The molecule has 1 aromatic carbocycles. The monoisotopic (exact) mass is 235 g/mol. The SMILES string of the molecule is N#Cc1cc(N)c(-c2cscn2)cc1Cl. The smallest absolute Gasteiger partial charge is 0.101 e. The van der Waals surface area contributed by atoms with Gasteiger partial charge < -0.3 is 5.73 Å². The number of benzene rings is 1. The second-order valence-corrected chi connectivity index (χ2v) is 4.03. The molecule has 0 unspecified atom stereocenters. The fraction of sp³-hybridized carbons (Fsp3) is 0. The molecule has 0 aliphatic heterocycles. The Labute approximate surface area is 95.7 Å². The molecule has 2 aromatic rings. The van der Waals surface area contributed by atoms with Crippen molar-refractivity contribution in [1.82, 2.24) is 4.98 Å². The lowest BCUT2D eigenvalue weighted by Crippen LogP contribution is -1.92. The van der Waals surface area contributed by atoms with Crippen LogP contribution in [0.4, 0.5) is 5.69 Å². The number of nitriles is 1. The molecule has 5 heteroatoms. The van der Waals surface area contributed by atoms with E-state index in [4.69, 9.17) is 22.6 Å². The molecule has 2 rings (SSSR count). The topological polar surface area (TPSA) is 62.7 Å². The summed E-state index contributed by atoms with van der Waals surface area (Å²) in [5.41, 5.74) is 9.98. The van der Waals surface area contributed by atoms with E-state index in [0.29, 0.717) is 16.3 Å². The van der Waals surface area contributed by atoms with Crippen LogP contribution >= 0.6 is 22.9 Å². The maximum absolute atomic E-state index is 8.76. The summed E-state index contributed by atoms with van der Waals surface area (Å²) >= 11 is 7.40. The van der Waals surface area contributed by atoms with Gasteiger partial charge >= 0.3 is 0 Å². The molecule has 1 aromatic heterocycles. The summed E-state index contributed by atoms with van der Waals surface area (Å²) < 4.78 is 0. The number of halogens is 1. The highest BCUT2D eigenvalue weighted by molar-refractivity contribution is 7.07. The molecule has 0 saturated carbocycles. The molecule has 0 amide bonds. The molecule has 0 saturated heterocycles. The first kappa shape index (κ1) is 9.97. The first-order valence-electron chi connectivity index (χ1n) is 4.10. The van der Waals surface area contributed by atoms with Gasteiger partial charge in [-0.05, 0) is 12.1 Å². The van der Waals surface area contributed by atoms with Crippen LogP contribution in [0, 0.1) is 11.3 Å². The second kappa shape index (κ2) is 3.89. The number of nitrogens with two attached hydrogens (primary N) is 1. The molecule has 0 spiro atoms. The average molecular weight is 236 g/mol. The van der Waals surface area contributed by atoms with Gasteiger partial charge in [0.15, 0.2) is 0 Å². The summed E-state index contributed by atoms with van der Waals surface area (Å²) in [5, 5.41) is 11.0. The third-order valence-electron chi connectivity index (χ3n) is 1.97. The van der Waals surface area contributed by atoms with Gasteiger partial charge in [-0.1, -0.05) is 11.6 Å². The van der Waals surface area contributed by atoms with Crippen molar-refractivity contribution in [2.24, 2.45) is 0 Å². The van der Waals surface area contributed by atoms with Gasteiger partial charge in [0, 0.05) is 16.6 Å². The molecule has 1 heterocycles. The molecule has 0 fully saturated rings. The van der Waals surface area contributed by atoms with Crippen LogP contribution in [0.3, 0.4) is 0 Å². The molecule has 0 aliphatic rings. The molecule has 74 valence electrons. The predicted molar refractivity (Wildman–Crippen MR) is 61.7 cm³/mol. The normalized spacial score (nSPS) is 9.87. The maximum Gasteiger partial charge on any atom is 0.101 e. The van der Waals surface area contributed by atoms with E-state index < -0.39 is 0 Å². The van der Waals surface area contributed by atoms with Crippen LogP contribution in [0.1, 0.15) is 5.56 Å². The lowest BCUT2D eigenvalue weighted by Gasteiger charge is -2.04. The van der Waals surface area contributed by atoms with E-state index in [-0.39, 0.29) is 0 Å². The van der Waals surface area contributed by atoms with E-state index in [9.17, 15) is 0 Å². The van der Waals surface area contributed by atoms with Crippen LogP contribution in [-0.4, -0.2) is 4.98 Å². The van der Waals surface area contributed by atoms with Gasteiger partial charge in [-0.3, -0.25) is 0 Å². The minimum Gasteiger partial charge on any atom is -0.398 e. The van der Waals surface area contributed by atoms with Crippen molar-refractivity contribution in [3.05, 3.63) is 33.6 Å². The van der Waals surface area contributed by atoms with Crippen molar-refractivity contribution in [2.45, 2.75) is 0 Å². The molecular formula is C10H6ClN3S. The summed E-state index contributed by atoms with van der Waals surface area (Å²) in [6.07, 6.45) is 0. The van der Waals surface area contributed by atoms with Crippen molar-refractivity contribution in [1.29, 1.82) is 5.26 Å².